The molecule has 0 N–H and O–H groups in total. The Hall–Kier alpha value is 0.434. The van der Waals surface area contributed by atoms with Gasteiger partial charge in [-0.05, 0) is 0 Å². The summed E-state index contributed by atoms with van der Waals surface area (Å²) in [5.74, 6) is 0. The molecule has 0 radical (unpaired) electrons. The van der Waals surface area contributed by atoms with Crippen molar-refractivity contribution < 1.29 is 0 Å². The van der Waals surface area contributed by atoms with Gasteiger partial charge in [-0.1, -0.05) is 128 Å². The molecule has 0 aliphatic heterocycles. The topological polar surface area (TPSA) is 0 Å². The molecule has 22 heavy (non-hydrogen) atoms. The smallest absolute Gasteiger partial charge is 0.0532 e. The highest BCUT2D eigenvalue weighted by Crippen LogP contribution is 2.38. The van der Waals surface area contributed by atoms with Gasteiger partial charge in [-0.3, -0.25) is 0 Å². The Morgan fingerprint density at radius 2 is 0.500 bits per heavy atom. The molecule has 0 spiro atoms. The summed E-state index contributed by atoms with van der Waals surface area (Å²) in [5, 5.41) is 0. The first-order valence-corrected chi connectivity index (χ1v) is 16.2. The highest BCUT2D eigenvalue weighted by molar-refractivity contribution is 6.85. The minimum Gasteiger partial charge on any atom is -0.0657 e. The molecule has 0 unspecified atom stereocenters. The van der Waals surface area contributed by atoms with Gasteiger partial charge in [0.2, 0.25) is 0 Å². The zero-order valence-electron chi connectivity index (χ0n) is 16.9. The van der Waals surface area contributed by atoms with Crippen LogP contribution in [0.5, 0.6) is 0 Å². The van der Waals surface area contributed by atoms with Gasteiger partial charge in [-0.15, -0.1) is 0 Å². The quantitative estimate of drug-likeness (QED) is 0.262. The van der Waals surface area contributed by atoms with E-state index in [4.69, 9.17) is 0 Å². The molecule has 0 rings (SSSR count). The molecule has 134 valence electrons. The summed E-state index contributed by atoms with van der Waals surface area (Å²) in [7, 11) is -1.92. The molecular weight excluding hydrogens is 296 g/mol. The summed E-state index contributed by atoms with van der Waals surface area (Å²) in [6.07, 6.45) is 8.64. The zero-order chi connectivity index (χ0) is 16.9. The number of hydrogen-bond acceptors (Lipinski definition) is 0. The third-order valence-corrected chi connectivity index (χ3v) is 18.4. The van der Waals surface area contributed by atoms with E-state index in [1.54, 1.807) is 48.4 Å². The average Bonchev–Trinajstić information content (AvgIpc) is 2.47. The van der Waals surface area contributed by atoms with Gasteiger partial charge >= 0.3 is 0 Å². The van der Waals surface area contributed by atoms with Crippen molar-refractivity contribution in [3.63, 3.8) is 0 Å². The molecular formula is C20H46Si2. The van der Waals surface area contributed by atoms with Crippen LogP contribution in [0.1, 0.15) is 80.1 Å². The maximum Gasteiger partial charge on any atom is 0.0532 e. The lowest BCUT2D eigenvalue weighted by molar-refractivity contribution is 0.880. The van der Waals surface area contributed by atoms with Gasteiger partial charge in [-0.2, -0.15) is 0 Å². The predicted octanol–water partition coefficient (Wildman–Crippen LogP) is 8.34. The van der Waals surface area contributed by atoms with Gasteiger partial charge in [-0.25, -0.2) is 0 Å². The summed E-state index contributed by atoms with van der Waals surface area (Å²) in [5.41, 5.74) is 0. The fourth-order valence-electron chi connectivity index (χ4n) is 5.21. The molecule has 0 aromatic rings. The van der Waals surface area contributed by atoms with E-state index >= 15 is 0 Å². The first-order chi connectivity index (χ1) is 10.6. The Balaban J connectivity index is 5.04. The van der Waals surface area contributed by atoms with Gasteiger partial charge in [0.25, 0.3) is 0 Å². The van der Waals surface area contributed by atoms with E-state index in [1.807, 2.05) is 0 Å². The third kappa shape index (κ3) is 7.81. The molecule has 0 amide bonds. The van der Waals surface area contributed by atoms with E-state index in [0.29, 0.717) is 0 Å². The van der Waals surface area contributed by atoms with Crippen LogP contribution in [-0.2, 0) is 0 Å². The maximum absolute atomic E-state index is 2.43. The maximum atomic E-state index is 2.43. The Labute approximate surface area is 144 Å². The van der Waals surface area contributed by atoms with Crippen LogP contribution in [0.3, 0.4) is 0 Å². The van der Waals surface area contributed by atoms with Crippen LogP contribution in [0, 0.1) is 0 Å². The molecule has 0 atom stereocenters. The molecule has 0 aliphatic rings. The molecule has 0 fully saturated rings. The molecule has 0 saturated carbocycles. The Bertz CT molecular complexity index is 190. The predicted molar refractivity (Wildman–Crippen MR) is 112 cm³/mol. The van der Waals surface area contributed by atoms with Crippen molar-refractivity contribution in [3.05, 3.63) is 0 Å². The molecule has 0 aliphatic carbocycles. The first kappa shape index (κ1) is 22.4. The molecule has 2 heteroatoms. The highest BCUT2D eigenvalue weighted by atomic mass is 28.3. The van der Waals surface area contributed by atoms with Crippen molar-refractivity contribution in [2.75, 3.05) is 0 Å². The minimum absolute atomic E-state index is 0.958. The second kappa shape index (κ2) is 12.8. The molecule has 0 aromatic carbocycles. The molecule has 0 saturated heterocycles. The van der Waals surface area contributed by atoms with Crippen molar-refractivity contribution in [2.45, 2.75) is 128 Å². The summed E-state index contributed by atoms with van der Waals surface area (Å²) in [4.78, 5) is 0. The molecule has 0 bridgehead atoms. The van der Waals surface area contributed by atoms with Gasteiger partial charge in [0, 0.05) is 0 Å². The molecule has 0 nitrogen and oxygen atoms in total. The van der Waals surface area contributed by atoms with Crippen molar-refractivity contribution in [1.82, 2.24) is 0 Å². The van der Waals surface area contributed by atoms with Gasteiger partial charge in [0.05, 0.1) is 16.1 Å². The number of rotatable bonds is 15. The number of hydrogen-bond donors (Lipinski definition) is 0. The second-order valence-corrected chi connectivity index (χ2v) is 18.0. The lowest BCUT2D eigenvalue weighted by atomic mass is 10.5. The van der Waals surface area contributed by atoms with E-state index in [1.165, 1.54) is 38.5 Å². The molecule has 0 aromatic heterocycles. The van der Waals surface area contributed by atoms with E-state index in [2.05, 4.69) is 41.5 Å². The second-order valence-electron chi connectivity index (χ2n) is 8.00. The molecule has 0 heterocycles. The van der Waals surface area contributed by atoms with Gasteiger partial charge in [0.1, 0.15) is 0 Å². The van der Waals surface area contributed by atoms with Crippen molar-refractivity contribution in [2.24, 2.45) is 0 Å². The highest BCUT2D eigenvalue weighted by Gasteiger charge is 2.36. The summed E-state index contributed by atoms with van der Waals surface area (Å²) in [6.45, 7) is 14.6. The van der Waals surface area contributed by atoms with Crippen molar-refractivity contribution in [1.29, 1.82) is 0 Å². The van der Waals surface area contributed by atoms with Crippen molar-refractivity contribution >= 4 is 16.1 Å². The standard InChI is InChI=1S/C20H46Si2/c1-7-13-21(14-8-2,15-9-3)19-20-22(16-10-4,17-11-5)18-12-6/h7-20H2,1-6H3. The van der Waals surface area contributed by atoms with Crippen LogP contribution >= 0.6 is 0 Å². The monoisotopic (exact) mass is 342 g/mol. The van der Waals surface area contributed by atoms with E-state index in [-0.39, 0.29) is 0 Å². The van der Waals surface area contributed by atoms with Gasteiger partial charge < -0.3 is 0 Å². The zero-order valence-corrected chi connectivity index (χ0v) is 18.9. The van der Waals surface area contributed by atoms with Gasteiger partial charge in [0.15, 0.2) is 0 Å². The first-order valence-electron chi connectivity index (χ1n) is 10.6. The average molecular weight is 343 g/mol. The van der Waals surface area contributed by atoms with Crippen LogP contribution in [-0.4, -0.2) is 16.1 Å². The van der Waals surface area contributed by atoms with Crippen LogP contribution < -0.4 is 0 Å². The largest absolute Gasteiger partial charge is 0.0657 e. The SMILES string of the molecule is CCC[Si](CCC)(CCC)CC[Si](CCC)(CCC)CCC. The van der Waals surface area contributed by atoms with Crippen molar-refractivity contribution in [3.8, 4) is 0 Å². The summed E-state index contributed by atoms with van der Waals surface area (Å²) < 4.78 is 0. The Kier molecular flexibility index (Phi) is 13.1. The lowest BCUT2D eigenvalue weighted by Crippen LogP contribution is -2.40. The Morgan fingerprint density at radius 1 is 0.318 bits per heavy atom. The summed E-state index contributed by atoms with van der Waals surface area (Å²) >= 11 is 0. The van der Waals surface area contributed by atoms with Crippen LogP contribution in [0.25, 0.3) is 0 Å². The lowest BCUT2D eigenvalue weighted by Gasteiger charge is -2.38. The van der Waals surface area contributed by atoms with E-state index < -0.39 is 16.1 Å². The minimum atomic E-state index is -0.958. The fraction of sp³-hybridized carbons (Fsp3) is 1.00. The van der Waals surface area contributed by atoms with E-state index in [9.17, 15) is 0 Å². The van der Waals surface area contributed by atoms with Crippen LogP contribution in [0.15, 0.2) is 0 Å². The fourth-order valence-corrected chi connectivity index (χ4v) is 18.8. The summed E-state index contributed by atoms with van der Waals surface area (Å²) in [6, 6.07) is 13.1. The third-order valence-electron chi connectivity index (χ3n) is 5.87. The van der Waals surface area contributed by atoms with E-state index in [0.717, 1.165) is 0 Å². The van der Waals surface area contributed by atoms with Crippen LogP contribution in [0.4, 0.5) is 0 Å². The van der Waals surface area contributed by atoms with Crippen LogP contribution in [0.2, 0.25) is 48.4 Å². The normalized spacial score (nSPS) is 12.8. The Morgan fingerprint density at radius 3 is 0.636 bits per heavy atom.